The molecule has 0 N–H and O–H groups in total. The summed E-state index contributed by atoms with van der Waals surface area (Å²) in [7, 11) is 0. The van der Waals surface area contributed by atoms with Crippen LogP contribution in [0.1, 0.15) is 39.7 Å². The molecule has 0 aromatic heterocycles. The Morgan fingerprint density at radius 2 is 1.19 bits per heavy atom. The van der Waals surface area contributed by atoms with Gasteiger partial charge in [-0.05, 0) is 71.1 Å². The molecule has 0 aliphatic heterocycles. The van der Waals surface area contributed by atoms with E-state index >= 15 is 0 Å². The van der Waals surface area contributed by atoms with Crippen LogP contribution in [0.3, 0.4) is 0 Å². The zero-order valence-electron chi connectivity index (χ0n) is 16.0. The van der Waals surface area contributed by atoms with Gasteiger partial charge in [0.05, 0.1) is 11.7 Å². The Hall–Kier alpha value is -2.38. The van der Waals surface area contributed by atoms with Gasteiger partial charge in [-0.1, -0.05) is 67.6 Å². The van der Waals surface area contributed by atoms with Crippen LogP contribution in [0.15, 0.2) is 66.7 Å². The number of rotatable bonds is 4. The first-order chi connectivity index (χ1) is 12.5. The van der Waals surface area contributed by atoms with Gasteiger partial charge in [-0.3, -0.25) is 0 Å². The van der Waals surface area contributed by atoms with Crippen molar-refractivity contribution in [3.63, 3.8) is 0 Å². The summed E-state index contributed by atoms with van der Waals surface area (Å²) in [5.74, 6) is 0. The molecule has 0 amide bonds. The number of hydrogen-bond acceptors (Lipinski definition) is 1. The summed E-state index contributed by atoms with van der Waals surface area (Å²) in [5.41, 5.74) is 0.918. The highest BCUT2D eigenvalue weighted by atomic mass is 16.5. The minimum Gasteiger partial charge on any atom is -0.368 e. The van der Waals surface area contributed by atoms with Crippen LogP contribution in [0.2, 0.25) is 0 Å². The Balaban J connectivity index is 2.02. The maximum Gasteiger partial charge on any atom is 0.0879 e. The molecule has 4 aromatic rings. The first-order valence-electron chi connectivity index (χ1n) is 9.53. The van der Waals surface area contributed by atoms with Crippen LogP contribution in [0.4, 0.5) is 0 Å². The second-order valence-corrected chi connectivity index (χ2v) is 7.70. The first kappa shape index (κ1) is 17.1. The summed E-state index contributed by atoms with van der Waals surface area (Å²) in [6, 6.07) is 24.2. The van der Waals surface area contributed by atoms with E-state index in [1.165, 1.54) is 37.9 Å². The molecule has 1 heteroatoms. The molecular weight excluding hydrogens is 316 g/mol. The van der Waals surface area contributed by atoms with Crippen LogP contribution in [-0.4, -0.2) is 6.10 Å². The minimum atomic E-state index is -0.309. The van der Waals surface area contributed by atoms with Crippen LogP contribution in [0, 0.1) is 0 Å². The molecule has 1 unspecified atom stereocenters. The average Bonchev–Trinajstić information content (AvgIpc) is 2.67. The van der Waals surface area contributed by atoms with Gasteiger partial charge in [0.2, 0.25) is 0 Å². The zero-order valence-corrected chi connectivity index (χ0v) is 16.0. The van der Waals surface area contributed by atoms with Crippen LogP contribution in [0.25, 0.3) is 32.3 Å². The lowest BCUT2D eigenvalue weighted by atomic mass is 9.89. The third kappa shape index (κ3) is 2.77. The van der Waals surface area contributed by atoms with Crippen molar-refractivity contribution in [1.29, 1.82) is 0 Å². The number of ether oxygens (including phenoxy) is 1. The summed E-state index contributed by atoms with van der Waals surface area (Å²) in [4.78, 5) is 0. The summed E-state index contributed by atoms with van der Waals surface area (Å²) < 4.78 is 6.32. The maximum atomic E-state index is 6.32. The fourth-order valence-corrected chi connectivity index (χ4v) is 3.94. The summed E-state index contributed by atoms with van der Waals surface area (Å²) in [6.07, 6.45) is 1.26. The van der Waals surface area contributed by atoms with Crippen LogP contribution in [0.5, 0.6) is 0 Å². The van der Waals surface area contributed by atoms with E-state index in [1.807, 2.05) is 0 Å². The van der Waals surface area contributed by atoms with Gasteiger partial charge >= 0.3 is 0 Å². The predicted molar refractivity (Wildman–Crippen MR) is 113 cm³/mol. The number of fused-ring (bicyclic) bond motifs is 6. The van der Waals surface area contributed by atoms with Crippen LogP contribution in [-0.2, 0) is 10.3 Å². The highest BCUT2D eigenvalue weighted by Gasteiger charge is 2.24. The topological polar surface area (TPSA) is 9.23 Å². The highest BCUT2D eigenvalue weighted by Crippen LogP contribution is 2.37. The average molecular weight is 342 g/mol. The summed E-state index contributed by atoms with van der Waals surface area (Å²) in [5, 5.41) is 7.86. The molecule has 1 nitrogen and oxygen atoms in total. The summed E-state index contributed by atoms with van der Waals surface area (Å²) >= 11 is 0. The van der Waals surface area contributed by atoms with Gasteiger partial charge in [0.25, 0.3) is 0 Å². The number of benzene rings is 4. The second-order valence-electron chi connectivity index (χ2n) is 7.70. The van der Waals surface area contributed by atoms with Crippen molar-refractivity contribution in [2.45, 2.75) is 45.8 Å². The Morgan fingerprint density at radius 1 is 0.731 bits per heavy atom. The molecule has 132 valence electrons. The van der Waals surface area contributed by atoms with Gasteiger partial charge in [0.1, 0.15) is 0 Å². The Kier molecular flexibility index (Phi) is 4.20. The van der Waals surface area contributed by atoms with Crippen molar-refractivity contribution in [2.75, 3.05) is 0 Å². The van der Waals surface area contributed by atoms with Crippen molar-refractivity contribution in [3.05, 3.63) is 72.3 Å². The van der Waals surface area contributed by atoms with Gasteiger partial charge < -0.3 is 4.74 Å². The summed E-state index contributed by atoms with van der Waals surface area (Å²) in [6.45, 7) is 8.65. The quantitative estimate of drug-likeness (QED) is 0.356. The van der Waals surface area contributed by atoms with Crippen molar-refractivity contribution >= 4 is 32.3 Å². The van der Waals surface area contributed by atoms with E-state index in [-0.39, 0.29) is 11.7 Å². The van der Waals surface area contributed by atoms with E-state index in [2.05, 4.69) is 94.4 Å². The van der Waals surface area contributed by atoms with Gasteiger partial charge in [-0.25, -0.2) is 0 Å². The molecule has 26 heavy (non-hydrogen) atoms. The van der Waals surface area contributed by atoms with Gasteiger partial charge in [0.15, 0.2) is 0 Å². The molecule has 0 fully saturated rings. The molecule has 0 saturated carbocycles. The van der Waals surface area contributed by atoms with E-state index in [0.29, 0.717) is 0 Å². The molecular formula is C25H26O. The standard InChI is InChI=1S/C25H26O/c1-5-17(2)26-25(3,4)18-14-15-23-21-12-7-6-10-19(21)20-11-8-9-13-22(20)24(23)16-18/h6-17H,5H2,1-4H3. The zero-order chi connectivity index (χ0) is 18.3. The van der Waals surface area contributed by atoms with Crippen molar-refractivity contribution < 1.29 is 4.74 Å². The molecule has 0 radical (unpaired) electrons. The van der Waals surface area contributed by atoms with E-state index in [4.69, 9.17) is 4.74 Å². The molecule has 0 spiro atoms. The van der Waals surface area contributed by atoms with Gasteiger partial charge in [-0.15, -0.1) is 0 Å². The molecule has 4 rings (SSSR count). The third-order valence-corrected chi connectivity index (χ3v) is 5.51. The lowest BCUT2D eigenvalue weighted by molar-refractivity contribution is -0.0691. The van der Waals surface area contributed by atoms with Gasteiger partial charge in [0, 0.05) is 0 Å². The van der Waals surface area contributed by atoms with Crippen molar-refractivity contribution in [3.8, 4) is 0 Å². The Bertz CT molecular complexity index is 1060. The van der Waals surface area contributed by atoms with E-state index in [0.717, 1.165) is 6.42 Å². The Labute approximate surface area is 155 Å². The van der Waals surface area contributed by atoms with E-state index in [1.54, 1.807) is 0 Å². The molecule has 0 aliphatic rings. The molecule has 0 aliphatic carbocycles. The van der Waals surface area contributed by atoms with Gasteiger partial charge in [-0.2, -0.15) is 0 Å². The molecule has 0 bridgehead atoms. The van der Waals surface area contributed by atoms with Crippen LogP contribution >= 0.6 is 0 Å². The SMILES string of the molecule is CCC(C)OC(C)(C)c1ccc2c3ccccc3c3ccccc3c2c1. The fourth-order valence-electron chi connectivity index (χ4n) is 3.94. The molecule has 1 atom stereocenters. The maximum absolute atomic E-state index is 6.32. The minimum absolute atomic E-state index is 0.244. The van der Waals surface area contributed by atoms with Crippen molar-refractivity contribution in [1.82, 2.24) is 0 Å². The smallest absolute Gasteiger partial charge is 0.0879 e. The van der Waals surface area contributed by atoms with Crippen molar-refractivity contribution in [2.24, 2.45) is 0 Å². The van der Waals surface area contributed by atoms with E-state index < -0.39 is 0 Å². The van der Waals surface area contributed by atoms with Crippen LogP contribution < -0.4 is 0 Å². The predicted octanol–water partition coefficient (Wildman–Crippen LogP) is 7.20. The molecule has 0 heterocycles. The second kappa shape index (κ2) is 6.41. The third-order valence-electron chi connectivity index (χ3n) is 5.51. The lowest BCUT2D eigenvalue weighted by Crippen LogP contribution is -2.26. The normalized spacial score (nSPS) is 13.5. The first-order valence-corrected chi connectivity index (χ1v) is 9.53. The molecule has 0 saturated heterocycles. The molecule has 4 aromatic carbocycles. The largest absolute Gasteiger partial charge is 0.368 e. The fraction of sp³-hybridized carbons (Fsp3) is 0.280. The monoisotopic (exact) mass is 342 g/mol. The lowest BCUT2D eigenvalue weighted by Gasteiger charge is -2.30. The Morgan fingerprint density at radius 3 is 1.69 bits per heavy atom. The van der Waals surface area contributed by atoms with E-state index in [9.17, 15) is 0 Å². The highest BCUT2D eigenvalue weighted by molar-refractivity contribution is 6.25. The number of hydrogen-bond donors (Lipinski definition) is 0.